The zero-order chi connectivity index (χ0) is 12.0. The number of rotatable bonds is 5. The lowest BCUT2D eigenvalue weighted by Crippen LogP contribution is -2.02. The second-order valence-electron chi connectivity index (χ2n) is 3.47. The molecule has 1 aromatic rings. The molecule has 0 heterocycles. The summed E-state index contributed by atoms with van der Waals surface area (Å²) in [6.07, 6.45) is 7.85. The van der Waals surface area contributed by atoms with Crippen LogP contribution in [0.4, 0.5) is 8.78 Å². The minimum atomic E-state index is -0.746. The summed E-state index contributed by atoms with van der Waals surface area (Å²) in [5, 5.41) is 0. The molecule has 1 rings (SSSR count). The van der Waals surface area contributed by atoms with E-state index in [0.717, 1.165) is 31.4 Å². The van der Waals surface area contributed by atoms with Gasteiger partial charge in [-0.15, -0.1) is 6.42 Å². The van der Waals surface area contributed by atoms with Crippen LogP contribution in [0.5, 0.6) is 5.75 Å². The fraction of sp³-hybridized carbons (Fsp3) is 0.385. The summed E-state index contributed by atoms with van der Waals surface area (Å²) in [7, 11) is 0. The molecular weight excluding hydrogens is 210 g/mol. The molecule has 16 heavy (non-hydrogen) atoms. The zero-order valence-electron chi connectivity index (χ0n) is 9.22. The minimum Gasteiger partial charge on any atom is -0.488 e. The Morgan fingerprint density at radius 2 is 1.88 bits per heavy atom. The molecule has 0 fully saturated rings. The van der Waals surface area contributed by atoms with Crippen LogP contribution in [0.1, 0.15) is 31.7 Å². The van der Waals surface area contributed by atoms with Gasteiger partial charge in [0.15, 0.2) is 17.4 Å². The second-order valence-corrected chi connectivity index (χ2v) is 3.47. The lowest BCUT2D eigenvalue weighted by Gasteiger charge is -2.08. The van der Waals surface area contributed by atoms with E-state index in [2.05, 4.69) is 5.92 Å². The molecule has 0 aliphatic rings. The largest absolute Gasteiger partial charge is 0.488 e. The fourth-order valence-electron chi connectivity index (χ4n) is 1.31. The first-order chi connectivity index (χ1) is 7.69. The molecule has 0 radical (unpaired) electrons. The van der Waals surface area contributed by atoms with E-state index >= 15 is 0 Å². The maximum absolute atomic E-state index is 13.3. The summed E-state index contributed by atoms with van der Waals surface area (Å²) in [6, 6.07) is 2.19. The van der Waals surface area contributed by atoms with Gasteiger partial charge in [-0.1, -0.05) is 25.7 Å². The number of hydrogen-bond donors (Lipinski definition) is 0. The molecule has 0 aromatic heterocycles. The van der Waals surface area contributed by atoms with Crippen LogP contribution in [0.2, 0.25) is 0 Å². The van der Waals surface area contributed by atoms with E-state index in [-0.39, 0.29) is 11.3 Å². The van der Waals surface area contributed by atoms with Gasteiger partial charge in [0.2, 0.25) is 0 Å². The molecule has 0 spiro atoms. The van der Waals surface area contributed by atoms with Gasteiger partial charge in [-0.3, -0.25) is 0 Å². The van der Waals surface area contributed by atoms with Crippen molar-refractivity contribution in [3.05, 3.63) is 29.3 Å². The topological polar surface area (TPSA) is 9.23 Å². The first-order valence-electron chi connectivity index (χ1n) is 5.27. The quantitative estimate of drug-likeness (QED) is 0.549. The highest BCUT2D eigenvalue weighted by Gasteiger charge is 2.11. The molecule has 0 amide bonds. The molecule has 0 atom stereocenters. The van der Waals surface area contributed by atoms with E-state index in [1.807, 2.05) is 6.92 Å². The van der Waals surface area contributed by atoms with Crippen LogP contribution in [-0.2, 0) is 0 Å². The Kier molecular flexibility index (Phi) is 4.78. The molecule has 0 aliphatic carbocycles. The van der Waals surface area contributed by atoms with Gasteiger partial charge in [0, 0.05) is 5.56 Å². The Hall–Kier alpha value is -1.56. The van der Waals surface area contributed by atoms with E-state index in [1.165, 1.54) is 0 Å². The molecule has 0 N–H and O–H groups in total. The molecule has 0 saturated heterocycles. The Labute approximate surface area is 94.4 Å². The number of halogens is 2. The molecule has 0 aliphatic heterocycles. The third-order valence-electron chi connectivity index (χ3n) is 2.16. The molecule has 0 unspecified atom stereocenters. The van der Waals surface area contributed by atoms with Crippen LogP contribution < -0.4 is 4.74 Å². The van der Waals surface area contributed by atoms with Crippen molar-refractivity contribution in [1.29, 1.82) is 0 Å². The lowest BCUT2D eigenvalue weighted by atomic mass is 10.2. The van der Waals surface area contributed by atoms with E-state index in [1.54, 1.807) is 0 Å². The van der Waals surface area contributed by atoms with Gasteiger partial charge in [0.25, 0.3) is 0 Å². The van der Waals surface area contributed by atoms with Crippen LogP contribution in [0.3, 0.4) is 0 Å². The number of hydrogen-bond acceptors (Lipinski definition) is 1. The maximum atomic E-state index is 13.3. The number of unbranched alkanes of at least 4 members (excludes halogenated alkanes) is 2. The lowest BCUT2D eigenvalue weighted by molar-refractivity contribution is 0.276. The van der Waals surface area contributed by atoms with E-state index in [9.17, 15) is 8.78 Å². The number of benzene rings is 1. The fourth-order valence-corrected chi connectivity index (χ4v) is 1.31. The third-order valence-corrected chi connectivity index (χ3v) is 2.16. The van der Waals surface area contributed by atoms with Gasteiger partial charge in [0.1, 0.15) is 0 Å². The highest BCUT2D eigenvalue weighted by Crippen LogP contribution is 2.23. The summed E-state index contributed by atoms with van der Waals surface area (Å²) in [5.74, 6) is 0.347. The average Bonchev–Trinajstić information content (AvgIpc) is 2.26. The number of ether oxygens (including phenoxy) is 1. The summed E-state index contributed by atoms with van der Waals surface area (Å²) in [6.45, 7) is 2.36. The predicted molar refractivity (Wildman–Crippen MR) is 59.3 cm³/mol. The van der Waals surface area contributed by atoms with E-state index < -0.39 is 11.6 Å². The summed E-state index contributed by atoms with van der Waals surface area (Å²) in [5.41, 5.74) is 0.177. The van der Waals surface area contributed by atoms with Crippen molar-refractivity contribution in [2.24, 2.45) is 0 Å². The minimum absolute atomic E-state index is 0.177. The summed E-state index contributed by atoms with van der Waals surface area (Å²) in [4.78, 5) is 0. The SMILES string of the molecule is C#Cc1cc(F)c(OCCCCC)c(F)c1. The standard InChI is InChI=1S/C13H14F2O/c1-3-5-6-7-16-13-11(14)8-10(4-2)9-12(13)15/h2,8-9H,3,5-7H2,1H3. The van der Waals surface area contributed by atoms with Gasteiger partial charge >= 0.3 is 0 Å². The molecule has 1 aromatic carbocycles. The smallest absolute Gasteiger partial charge is 0.190 e. The highest BCUT2D eigenvalue weighted by molar-refractivity contribution is 5.39. The van der Waals surface area contributed by atoms with Crippen LogP contribution in [0.25, 0.3) is 0 Å². The van der Waals surface area contributed by atoms with Crippen LogP contribution >= 0.6 is 0 Å². The van der Waals surface area contributed by atoms with Gasteiger partial charge in [-0.2, -0.15) is 0 Å². The van der Waals surface area contributed by atoms with Gasteiger partial charge in [0.05, 0.1) is 6.61 Å². The molecular formula is C13H14F2O. The third kappa shape index (κ3) is 3.23. The number of terminal acetylenes is 1. The van der Waals surface area contributed by atoms with Crippen molar-refractivity contribution in [2.45, 2.75) is 26.2 Å². The van der Waals surface area contributed by atoms with Crippen molar-refractivity contribution < 1.29 is 13.5 Å². The monoisotopic (exact) mass is 224 g/mol. The first-order valence-corrected chi connectivity index (χ1v) is 5.27. The summed E-state index contributed by atoms with van der Waals surface area (Å²) < 4.78 is 31.7. The second kappa shape index (κ2) is 6.12. The van der Waals surface area contributed by atoms with Crippen LogP contribution in [0.15, 0.2) is 12.1 Å². The van der Waals surface area contributed by atoms with Gasteiger partial charge in [-0.05, 0) is 18.6 Å². The highest BCUT2D eigenvalue weighted by atomic mass is 19.1. The molecule has 3 heteroatoms. The Morgan fingerprint density at radius 1 is 1.25 bits per heavy atom. The first kappa shape index (κ1) is 12.5. The van der Waals surface area contributed by atoms with Crippen molar-refractivity contribution in [3.63, 3.8) is 0 Å². The van der Waals surface area contributed by atoms with Crippen molar-refractivity contribution in [1.82, 2.24) is 0 Å². The van der Waals surface area contributed by atoms with E-state index in [4.69, 9.17) is 11.2 Å². The molecule has 0 saturated carbocycles. The Bertz CT molecular complexity index is 370. The Morgan fingerprint density at radius 3 is 2.38 bits per heavy atom. The average molecular weight is 224 g/mol. The van der Waals surface area contributed by atoms with Crippen molar-refractivity contribution in [2.75, 3.05) is 6.61 Å². The molecule has 0 bridgehead atoms. The molecule has 1 nitrogen and oxygen atoms in total. The van der Waals surface area contributed by atoms with E-state index in [0.29, 0.717) is 6.61 Å². The van der Waals surface area contributed by atoms with Crippen molar-refractivity contribution in [3.8, 4) is 18.1 Å². The maximum Gasteiger partial charge on any atom is 0.190 e. The van der Waals surface area contributed by atoms with Crippen LogP contribution in [0, 0.1) is 24.0 Å². The normalized spacial score (nSPS) is 9.88. The van der Waals surface area contributed by atoms with Crippen LogP contribution in [-0.4, -0.2) is 6.61 Å². The predicted octanol–water partition coefficient (Wildman–Crippen LogP) is 3.52. The summed E-state index contributed by atoms with van der Waals surface area (Å²) >= 11 is 0. The Balaban J connectivity index is 2.70. The van der Waals surface area contributed by atoms with Gasteiger partial charge < -0.3 is 4.74 Å². The zero-order valence-corrected chi connectivity index (χ0v) is 9.22. The molecule has 86 valence electrons. The van der Waals surface area contributed by atoms with Crippen molar-refractivity contribution >= 4 is 0 Å². The van der Waals surface area contributed by atoms with Gasteiger partial charge in [-0.25, -0.2) is 8.78 Å².